The van der Waals surface area contributed by atoms with Crippen molar-refractivity contribution in [1.29, 1.82) is 0 Å². The van der Waals surface area contributed by atoms with Gasteiger partial charge in [-0.15, -0.1) is 0 Å². The Balaban J connectivity index is 1.63. The van der Waals surface area contributed by atoms with E-state index in [1.807, 2.05) is 12.1 Å². The second-order valence-electron chi connectivity index (χ2n) is 5.40. The number of phenolic OH excluding ortho intramolecular Hbond substituents is 1. The number of nitrogens with one attached hydrogen (secondary N) is 1. The van der Waals surface area contributed by atoms with Crippen LogP contribution in [0, 0.1) is 5.92 Å². The molecule has 19 heavy (non-hydrogen) atoms. The normalized spacial score (nSPS) is 16.2. The highest BCUT2D eigenvalue weighted by atomic mass is 16.3. The first-order valence-electron chi connectivity index (χ1n) is 7.31. The van der Waals surface area contributed by atoms with E-state index in [1.165, 1.54) is 24.8 Å². The molecular formula is C16H23NO2. The summed E-state index contributed by atoms with van der Waals surface area (Å²) in [5.74, 6) is 0.794. The smallest absolute Gasteiger partial charge is 0.223 e. The van der Waals surface area contributed by atoms with E-state index in [0.717, 1.165) is 32.2 Å². The van der Waals surface area contributed by atoms with E-state index in [9.17, 15) is 9.90 Å². The third-order valence-corrected chi connectivity index (χ3v) is 3.85. The van der Waals surface area contributed by atoms with Gasteiger partial charge in [-0.2, -0.15) is 0 Å². The minimum atomic E-state index is 0.241. The molecule has 0 radical (unpaired) electrons. The van der Waals surface area contributed by atoms with Gasteiger partial charge in [0.1, 0.15) is 5.75 Å². The van der Waals surface area contributed by atoms with Crippen molar-refractivity contribution in [2.24, 2.45) is 5.92 Å². The quantitative estimate of drug-likeness (QED) is 0.800. The number of amides is 1. The van der Waals surface area contributed by atoms with Gasteiger partial charge in [0.2, 0.25) is 5.91 Å². The van der Waals surface area contributed by atoms with Gasteiger partial charge in [0.25, 0.3) is 0 Å². The monoisotopic (exact) mass is 261 g/mol. The van der Waals surface area contributed by atoms with E-state index in [2.05, 4.69) is 5.32 Å². The maximum absolute atomic E-state index is 11.9. The standard InChI is InChI=1S/C16H23NO2/c18-15-10-8-13(9-11-15)5-4-12-17-16(19)14-6-2-1-3-7-14/h8-11,14,18H,1-7,12H2,(H,17,19). The molecule has 104 valence electrons. The van der Waals surface area contributed by atoms with Crippen molar-refractivity contribution in [2.75, 3.05) is 6.54 Å². The van der Waals surface area contributed by atoms with Gasteiger partial charge in [-0.25, -0.2) is 0 Å². The molecule has 2 rings (SSSR count). The van der Waals surface area contributed by atoms with E-state index in [4.69, 9.17) is 0 Å². The molecule has 0 aliphatic heterocycles. The van der Waals surface area contributed by atoms with E-state index in [1.54, 1.807) is 12.1 Å². The molecule has 1 aromatic carbocycles. The van der Waals surface area contributed by atoms with E-state index < -0.39 is 0 Å². The van der Waals surface area contributed by atoms with Crippen LogP contribution in [0.3, 0.4) is 0 Å². The molecule has 3 nitrogen and oxygen atoms in total. The molecule has 0 spiro atoms. The Bertz CT molecular complexity index is 394. The average molecular weight is 261 g/mol. The van der Waals surface area contributed by atoms with Crippen molar-refractivity contribution < 1.29 is 9.90 Å². The number of carbonyl (C=O) groups is 1. The van der Waals surface area contributed by atoms with Gasteiger partial charge in [-0.05, 0) is 43.4 Å². The first-order valence-corrected chi connectivity index (χ1v) is 7.31. The van der Waals surface area contributed by atoms with Crippen LogP contribution in [0.15, 0.2) is 24.3 Å². The number of phenols is 1. The molecule has 1 fully saturated rings. The van der Waals surface area contributed by atoms with Gasteiger partial charge in [-0.1, -0.05) is 31.4 Å². The first-order chi connectivity index (χ1) is 9.25. The van der Waals surface area contributed by atoms with Crippen LogP contribution in [0.25, 0.3) is 0 Å². The molecule has 1 aromatic rings. The third-order valence-electron chi connectivity index (χ3n) is 3.85. The summed E-state index contributed by atoms with van der Waals surface area (Å²) in [6, 6.07) is 7.27. The lowest BCUT2D eigenvalue weighted by atomic mass is 9.88. The van der Waals surface area contributed by atoms with Crippen molar-refractivity contribution in [3.8, 4) is 5.75 Å². The molecule has 0 unspecified atom stereocenters. The van der Waals surface area contributed by atoms with Crippen molar-refractivity contribution in [1.82, 2.24) is 5.32 Å². The van der Waals surface area contributed by atoms with Crippen LogP contribution in [0.5, 0.6) is 5.75 Å². The summed E-state index contributed by atoms with van der Waals surface area (Å²) in [5.41, 5.74) is 1.20. The average Bonchev–Trinajstić information content (AvgIpc) is 2.46. The summed E-state index contributed by atoms with van der Waals surface area (Å²) in [6.45, 7) is 0.746. The SMILES string of the molecule is O=C(NCCCc1ccc(O)cc1)C1CCCCC1. The van der Waals surface area contributed by atoms with Crippen molar-refractivity contribution in [3.05, 3.63) is 29.8 Å². The van der Waals surface area contributed by atoms with E-state index in [0.29, 0.717) is 5.75 Å². The third kappa shape index (κ3) is 4.58. The highest BCUT2D eigenvalue weighted by Crippen LogP contribution is 2.23. The molecule has 0 aromatic heterocycles. The minimum Gasteiger partial charge on any atom is -0.508 e. The number of aryl methyl sites for hydroxylation is 1. The van der Waals surface area contributed by atoms with Gasteiger partial charge >= 0.3 is 0 Å². The Kier molecular flexibility index (Phi) is 5.25. The number of rotatable bonds is 5. The summed E-state index contributed by atoms with van der Waals surface area (Å²) in [4.78, 5) is 11.9. The second-order valence-corrected chi connectivity index (χ2v) is 5.40. The Morgan fingerprint density at radius 2 is 1.84 bits per heavy atom. The topological polar surface area (TPSA) is 49.3 Å². The van der Waals surface area contributed by atoms with Crippen LogP contribution in [-0.2, 0) is 11.2 Å². The van der Waals surface area contributed by atoms with Crippen LogP contribution in [0.4, 0.5) is 0 Å². The molecule has 0 saturated heterocycles. The highest BCUT2D eigenvalue weighted by molar-refractivity contribution is 5.78. The Morgan fingerprint density at radius 1 is 1.16 bits per heavy atom. The highest BCUT2D eigenvalue weighted by Gasteiger charge is 2.20. The fourth-order valence-electron chi connectivity index (χ4n) is 2.68. The van der Waals surface area contributed by atoms with Crippen molar-refractivity contribution in [2.45, 2.75) is 44.9 Å². The van der Waals surface area contributed by atoms with Crippen molar-refractivity contribution in [3.63, 3.8) is 0 Å². The van der Waals surface area contributed by atoms with Crippen LogP contribution in [-0.4, -0.2) is 17.6 Å². The van der Waals surface area contributed by atoms with Gasteiger partial charge in [0, 0.05) is 12.5 Å². The molecule has 2 N–H and O–H groups in total. The zero-order chi connectivity index (χ0) is 13.5. The van der Waals surface area contributed by atoms with Crippen LogP contribution in [0.1, 0.15) is 44.1 Å². The van der Waals surface area contributed by atoms with E-state index >= 15 is 0 Å². The summed E-state index contributed by atoms with van der Waals surface area (Å²) >= 11 is 0. The van der Waals surface area contributed by atoms with Crippen molar-refractivity contribution >= 4 is 5.91 Å². The number of benzene rings is 1. The molecule has 3 heteroatoms. The lowest BCUT2D eigenvalue weighted by Crippen LogP contribution is -2.32. The molecule has 1 amide bonds. The first kappa shape index (κ1) is 13.9. The van der Waals surface area contributed by atoms with Crippen LogP contribution in [0.2, 0.25) is 0 Å². The number of carbonyl (C=O) groups excluding carboxylic acids is 1. The summed E-state index contributed by atoms with van der Waals surface area (Å²) < 4.78 is 0. The summed E-state index contributed by atoms with van der Waals surface area (Å²) in [5, 5.41) is 12.2. The predicted octanol–water partition coefficient (Wildman–Crippen LogP) is 3.02. The molecule has 1 aliphatic rings. The molecular weight excluding hydrogens is 238 g/mol. The maximum atomic E-state index is 11.9. The maximum Gasteiger partial charge on any atom is 0.223 e. The zero-order valence-corrected chi connectivity index (χ0v) is 11.4. The van der Waals surface area contributed by atoms with E-state index in [-0.39, 0.29) is 11.8 Å². The molecule has 0 heterocycles. The minimum absolute atomic E-state index is 0.241. The summed E-state index contributed by atoms with van der Waals surface area (Å²) in [6.07, 6.45) is 7.68. The summed E-state index contributed by atoms with van der Waals surface area (Å²) in [7, 11) is 0. The fourth-order valence-corrected chi connectivity index (χ4v) is 2.68. The second kappa shape index (κ2) is 7.17. The van der Waals surface area contributed by atoms with Crippen LogP contribution < -0.4 is 5.32 Å². The Hall–Kier alpha value is -1.51. The molecule has 1 aliphatic carbocycles. The molecule has 0 bridgehead atoms. The van der Waals surface area contributed by atoms with Gasteiger partial charge in [0.05, 0.1) is 0 Å². The largest absolute Gasteiger partial charge is 0.508 e. The Labute approximate surface area is 115 Å². The lowest BCUT2D eigenvalue weighted by molar-refractivity contribution is -0.125. The van der Waals surface area contributed by atoms with Gasteiger partial charge in [0.15, 0.2) is 0 Å². The predicted molar refractivity (Wildman–Crippen MR) is 76.0 cm³/mol. The fraction of sp³-hybridized carbons (Fsp3) is 0.562. The zero-order valence-electron chi connectivity index (χ0n) is 11.4. The van der Waals surface area contributed by atoms with Gasteiger partial charge < -0.3 is 10.4 Å². The number of hydrogen-bond donors (Lipinski definition) is 2. The molecule has 0 atom stereocenters. The number of aromatic hydroxyl groups is 1. The Morgan fingerprint density at radius 3 is 2.53 bits per heavy atom. The van der Waals surface area contributed by atoms with Crippen LogP contribution >= 0.6 is 0 Å². The van der Waals surface area contributed by atoms with Gasteiger partial charge in [-0.3, -0.25) is 4.79 Å². The molecule has 1 saturated carbocycles. The lowest BCUT2D eigenvalue weighted by Gasteiger charge is -2.20. The number of hydrogen-bond acceptors (Lipinski definition) is 2.